The Balaban J connectivity index is 2.25. The van der Waals surface area contributed by atoms with Crippen LogP contribution in [0.3, 0.4) is 0 Å². The van der Waals surface area contributed by atoms with Crippen molar-refractivity contribution >= 4 is 17.8 Å². The molecule has 0 amide bonds. The van der Waals surface area contributed by atoms with Crippen LogP contribution in [0.2, 0.25) is 0 Å². The summed E-state index contributed by atoms with van der Waals surface area (Å²) in [5.74, 6) is -0.605. The number of carbonyl (C=O) groups excluding carboxylic acids is 2. The maximum atomic E-state index is 12.0. The first-order valence-corrected chi connectivity index (χ1v) is 7.21. The Morgan fingerprint density at radius 3 is 2.76 bits per heavy atom. The summed E-state index contributed by atoms with van der Waals surface area (Å²) in [4.78, 5) is 44.6. The number of aromatic nitrogens is 1. The first-order chi connectivity index (χ1) is 11.8. The number of methoxy groups -OCH3 is 1. The molecular formula is C14H16N2O9. The minimum atomic E-state index is -1.08. The fraction of sp³-hybridized carbons (Fsp3) is 0.500. The van der Waals surface area contributed by atoms with Gasteiger partial charge >= 0.3 is 12.1 Å². The quantitative estimate of drug-likeness (QED) is 0.425. The third-order valence-electron chi connectivity index (χ3n) is 3.42. The molecule has 2 heterocycles. The molecule has 11 nitrogen and oxygen atoms in total. The van der Waals surface area contributed by atoms with Gasteiger partial charge in [-0.15, -0.1) is 0 Å². The lowest BCUT2D eigenvalue weighted by Gasteiger charge is -2.20. The van der Waals surface area contributed by atoms with E-state index >= 15 is 0 Å². The zero-order valence-electron chi connectivity index (χ0n) is 13.4. The molecule has 1 aromatic heterocycles. The number of hydrogen-bond acceptors (Lipinski definition) is 9. The van der Waals surface area contributed by atoms with Gasteiger partial charge in [0.1, 0.15) is 12.7 Å². The molecule has 0 spiro atoms. The Labute approximate surface area is 141 Å². The van der Waals surface area contributed by atoms with Crippen molar-refractivity contribution in [3.63, 3.8) is 0 Å². The van der Waals surface area contributed by atoms with Crippen molar-refractivity contribution in [2.45, 2.75) is 31.8 Å². The molecule has 25 heavy (non-hydrogen) atoms. The lowest BCUT2D eigenvalue weighted by molar-refractivity contribution is -0.385. The van der Waals surface area contributed by atoms with E-state index in [-0.39, 0.29) is 18.7 Å². The summed E-state index contributed by atoms with van der Waals surface area (Å²) in [5.41, 5.74) is -0.888. The summed E-state index contributed by atoms with van der Waals surface area (Å²) in [6, 6.07) is 2.08. The van der Waals surface area contributed by atoms with E-state index in [4.69, 9.17) is 14.2 Å². The number of hydrogen-bond donors (Lipinski definition) is 0. The standard InChI is InChI=1S/C14H16N2O9/c1-8(17)24-11-5-10(7-23-14(19)22-2)25-13(11)15-6-9(16(20)21)3-4-12(15)18/h3-4,6,10-11,13H,5,7H2,1-2H3. The van der Waals surface area contributed by atoms with Crippen molar-refractivity contribution in [3.05, 3.63) is 38.8 Å². The van der Waals surface area contributed by atoms with E-state index in [0.29, 0.717) is 0 Å². The molecule has 0 saturated carbocycles. The van der Waals surface area contributed by atoms with E-state index in [9.17, 15) is 24.5 Å². The highest BCUT2D eigenvalue weighted by Gasteiger charge is 2.40. The molecule has 3 atom stereocenters. The van der Waals surface area contributed by atoms with Crippen molar-refractivity contribution in [1.82, 2.24) is 4.57 Å². The molecular weight excluding hydrogens is 340 g/mol. The second-order valence-electron chi connectivity index (χ2n) is 5.19. The lowest BCUT2D eigenvalue weighted by Crippen LogP contribution is -2.32. The van der Waals surface area contributed by atoms with E-state index in [1.165, 1.54) is 6.92 Å². The van der Waals surface area contributed by atoms with Gasteiger partial charge in [0.2, 0.25) is 0 Å². The van der Waals surface area contributed by atoms with Crippen LogP contribution < -0.4 is 5.56 Å². The molecule has 1 aromatic rings. The average molecular weight is 356 g/mol. The van der Waals surface area contributed by atoms with E-state index in [2.05, 4.69) is 4.74 Å². The Bertz CT molecular complexity index is 729. The monoisotopic (exact) mass is 356 g/mol. The number of esters is 1. The van der Waals surface area contributed by atoms with Crippen LogP contribution in [0.1, 0.15) is 19.6 Å². The molecule has 0 aliphatic carbocycles. The van der Waals surface area contributed by atoms with Crippen LogP contribution in [0.4, 0.5) is 10.5 Å². The number of nitro groups is 1. The van der Waals surface area contributed by atoms with Crippen molar-refractivity contribution in [3.8, 4) is 0 Å². The van der Waals surface area contributed by atoms with Gasteiger partial charge in [-0.1, -0.05) is 0 Å². The van der Waals surface area contributed by atoms with Crippen LogP contribution in [0.25, 0.3) is 0 Å². The first kappa shape index (κ1) is 18.4. The SMILES string of the molecule is COC(=O)OCC1CC(OC(C)=O)C(n2cc([N+](=O)[O-])ccc2=O)O1. The zero-order valence-corrected chi connectivity index (χ0v) is 13.4. The number of ether oxygens (including phenoxy) is 4. The first-order valence-electron chi connectivity index (χ1n) is 7.21. The maximum absolute atomic E-state index is 12.0. The largest absolute Gasteiger partial charge is 0.508 e. The minimum Gasteiger partial charge on any atom is -0.458 e. The maximum Gasteiger partial charge on any atom is 0.508 e. The van der Waals surface area contributed by atoms with Gasteiger partial charge < -0.3 is 18.9 Å². The predicted octanol–water partition coefficient (Wildman–Crippen LogP) is 0.759. The highest BCUT2D eigenvalue weighted by atomic mass is 16.7. The topological polar surface area (TPSA) is 136 Å². The molecule has 0 aromatic carbocycles. The van der Waals surface area contributed by atoms with Crippen molar-refractivity contribution in [2.24, 2.45) is 0 Å². The summed E-state index contributed by atoms with van der Waals surface area (Å²) in [6.45, 7) is 0.996. The Morgan fingerprint density at radius 1 is 1.44 bits per heavy atom. The van der Waals surface area contributed by atoms with E-state index in [1.807, 2.05) is 0 Å². The van der Waals surface area contributed by atoms with Crippen LogP contribution in [0.5, 0.6) is 0 Å². The molecule has 0 bridgehead atoms. The van der Waals surface area contributed by atoms with E-state index in [1.54, 1.807) is 0 Å². The molecule has 3 unspecified atom stereocenters. The van der Waals surface area contributed by atoms with E-state index in [0.717, 1.165) is 30.0 Å². The summed E-state index contributed by atoms with van der Waals surface area (Å²) in [7, 11) is 1.14. The number of nitrogens with zero attached hydrogens (tertiary/aromatic N) is 2. The molecule has 1 aliphatic heterocycles. The normalized spacial score (nSPS) is 22.2. The Hall–Kier alpha value is -2.95. The molecule has 0 N–H and O–H groups in total. The summed E-state index contributed by atoms with van der Waals surface area (Å²) in [5, 5.41) is 10.9. The molecule has 0 radical (unpaired) electrons. The molecule has 136 valence electrons. The van der Waals surface area contributed by atoms with Crippen molar-refractivity contribution in [2.75, 3.05) is 13.7 Å². The van der Waals surface area contributed by atoms with Gasteiger partial charge in [0.25, 0.3) is 11.2 Å². The van der Waals surface area contributed by atoms with Crippen LogP contribution >= 0.6 is 0 Å². The minimum absolute atomic E-state index is 0.135. The fourth-order valence-corrected chi connectivity index (χ4v) is 2.41. The van der Waals surface area contributed by atoms with Crippen molar-refractivity contribution < 1.29 is 33.5 Å². The Morgan fingerprint density at radius 2 is 2.16 bits per heavy atom. The molecule has 2 rings (SSSR count). The van der Waals surface area contributed by atoms with Crippen LogP contribution in [-0.2, 0) is 23.7 Å². The summed E-state index contributed by atoms with van der Waals surface area (Å²) < 4.78 is 20.8. The van der Waals surface area contributed by atoms with Gasteiger partial charge in [-0.25, -0.2) is 4.79 Å². The summed E-state index contributed by atoms with van der Waals surface area (Å²) in [6.07, 6.45) is -2.40. The van der Waals surface area contributed by atoms with Gasteiger partial charge in [-0.3, -0.25) is 24.3 Å². The molecule has 1 fully saturated rings. The summed E-state index contributed by atoms with van der Waals surface area (Å²) >= 11 is 0. The number of pyridine rings is 1. The lowest BCUT2D eigenvalue weighted by atomic mass is 10.2. The smallest absolute Gasteiger partial charge is 0.458 e. The van der Waals surface area contributed by atoms with Gasteiger partial charge in [0, 0.05) is 25.5 Å². The van der Waals surface area contributed by atoms with Gasteiger partial charge in [-0.2, -0.15) is 0 Å². The van der Waals surface area contributed by atoms with Gasteiger partial charge in [0.05, 0.1) is 24.3 Å². The highest BCUT2D eigenvalue weighted by molar-refractivity contribution is 5.66. The third-order valence-corrected chi connectivity index (χ3v) is 3.42. The fourth-order valence-electron chi connectivity index (χ4n) is 2.41. The second kappa shape index (κ2) is 7.75. The van der Waals surface area contributed by atoms with Gasteiger partial charge in [0.15, 0.2) is 6.23 Å². The zero-order chi connectivity index (χ0) is 18.6. The van der Waals surface area contributed by atoms with Crippen LogP contribution in [0.15, 0.2) is 23.1 Å². The highest BCUT2D eigenvalue weighted by Crippen LogP contribution is 2.31. The number of rotatable bonds is 5. The third kappa shape index (κ3) is 4.53. The number of carbonyl (C=O) groups is 2. The molecule has 11 heteroatoms. The second-order valence-corrected chi connectivity index (χ2v) is 5.19. The van der Waals surface area contributed by atoms with Crippen LogP contribution in [0, 0.1) is 10.1 Å². The van der Waals surface area contributed by atoms with Gasteiger partial charge in [-0.05, 0) is 0 Å². The van der Waals surface area contributed by atoms with Crippen molar-refractivity contribution in [1.29, 1.82) is 0 Å². The Kier molecular flexibility index (Phi) is 5.70. The van der Waals surface area contributed by atoms with E-state index < -0.39 is 41.0 Å². The molecule has 1 saturated heterocycles. The molecule has 1 aliphatic rings. The van der Waals surface area contributed by atoms with Crippen LogP contribution in [-0.4, -0.2) is 47.5 Å². The predicted molar refractivity (Wildman–Crippen MR) is 79.8 cm³/mol. The average Bonchev–Trinajstić information content (AvgIpc) is 2.94.